The second-order valence-electron chi connectivity index (χ2n) is 5.59. The van der Waals surface area contributed by atoms with Gasteiger partial charge in [-0.05, 0) is 36.8 Å². The van der Waals surface area contributed by atoms with Crippen LogP contribution in [-0.4, -0.2) is 26.1 Å². The lowest BCUT2D eigenvalue weighted by atomic mass is 10.2. The molecule has 2 heterocycles. The normalized spacial score (nSPS) is 11.5. The lowest BCUT2D eigenvalue weighted by Crippen LogP contribution is -1.95. The summed E-state index contributed by atoms with van der Waals surface area (Å²) >= 11 is 5.31. The number of nitrogens with one attached hydrogen (secondary N) is 2. The van der Waals surface area contributed by atoms with E-state index in [0.717, 1.165) is 22.2 Å². The fourth-order valence-corrected chi connectivity index (χ4v) is 2.72. The molecule has 0 bridgehead atoms. The number of H-pyrrole nitrogens is 2. The first-order chi connectivity index (χ1) is 11.7. The van der Waals surface area contributed by atoms with E-state index in [1.165, 1.54) is 5.56 Å². The van der Waals surface area contributed by atoms with Crippen molar-refractivity contribution in [3.8, 4) is 11.5 Å². The Morgan fingerprint density at radius 2 is 1.92 bits per heavy atom. The van der Waals surface area contributed by atoms with Gasteiger partial charge in [0.05, 0.1) is 11.9 Å². The summed E-state index contributed by atoms with van der Waals surface area (Å²) < 4.78 is 2.08. The molecule has 0 saturated heterocycles. The number of benzene rings is 2. The van der Waals surface area contributed by atoms with Crippen LogP contribution in [-0.2, 0) is 0 Å². The summed E-state index contributed by atoms with van der Waals surface area (Å²) in [4.78, 5) is 3.35. The Labute approximate surface area is 143 Å². The molecule has 2 N–H and O–H groups in total. The Kier molecular flexibility index (Phi) is 3.59. The number of rotatable bonds is 3. The SMILES string of the molecule is Cc1ccc(/C=N/n2c(-c3cc4ccccc4[nH]3)n[nH]c2=S)cc1. The van der Waals surface area contributed by atoms with E-state index in [1.54, 1.807) is 10.9 Å². The second kappa shape index (κ2) is 5.90. The molecule has 0 radical (unpaired) electrons. The van der Waals surface area contributed by atoms with Gasteiger partial charge in [0, 0.05) is 10.9 Å². The predicted octanol–water partition coefficient (Wildman–Crippen LogP) is 4.28. The van der Waals surface area contributed by atoms with Gasteiger partial charge >= 0.3 is 0 Å². The Morgan fingerprint density at radius 1 is 1.12 bits per heavy atom. The molecular weight excluding hydrogens is 318 g/mol. The van der Waals surface area contributed by atoms with Crippen LogP contribution in [0, 0.1) is 11.7 Å². The molecule has 0 atom stereocenters. The minimum Gasteiger partial charge on any atom is -0.352 e. The summed E-state index contributed by atoms with van der Waals surface area (Å²) in [6.45, 7) is 2.06. The standard InChI is InChI=1S/C18H15N5S/c1-12-6-8-13(9-7-12)11-19-23-17(21-22-18(23)24)16-10-14-4-2-3-5-15(14)20-16/h2-11,20H,1H3,(H,22,24)/b19-11+. The smallest absolute Gasteiger partial charge is 0.216 e. The molecule has 118 valence electrons. The molecule has 0 aliphatic rings. The number of para-hydroxylation sites is 1. The van der Waals surface area contributed by atoms with Gasteiger partial charge in [-0.1, -0.05) is 48.0 Å². The highest BCUT2D eigenvalue weighted by Crippen LogP contribution is 2.22. The van der Waals surface area contributed by atoms with Crippen molar-refractivity contribution in [3.63, 3.8) is 0 Å². The molecular formula is C18H15N5S. The van der Waals surface area contributed by atoms with Crippen molar-refractivity contribution in [2.75, 3.05) is 0 Å². The quantitative estimate of drug-likeness (QED) is 0.434. The molecule has 2 aromatic heterocycles. The lowest BCUT2D eigenvalue weighted by molar-refractivity contribution is 0.869. The highest BCUT2D eigenvalue weighted by atomic mass is 32.1. The minimum atomic E-state index is 0.451. The second-order valence-corrected chi connectivity index (χ2v) is 5.98. The zero-order valence-electron chi connectivity index (χ0n) is 13.0. The molecule has 0 spiro atoms. The Bertz CT molecular complexity index is 1050. The maximum absolute atomic E-state index is 5.31. The van der Waals surface area contributed by atoms with E-state index in [0.29, 0.717) is 10.6 Å². The van der Waals surface area contributed by atoms with Gasteiger partial charge in [-0.25, -0.2) is 5.10 Å². The average Bonchev–Trinajstić information content (AvgIpc) is 3.17. The molecule has 0 aliphatic heterocycles. The molecule has 0 aliphatic carbocycles. The van der Waals surface area contributed by atoms with Gasteiger partial charge < -0.3 is 4.98 Å². The Hall–Kier alpha value is -2.99. The minimum absolute atomic E-state index is 0.451. The van der Waals surface area contributed by atoms with Crippen molar-refractivity contribution in [2.24, 2.45) is 5.10 Å². The van der Waals surface area contributed by atoms with Gasteiger partial charge in [0.25, 0.3) is 0 Å². The number of fused-ring (bicyclic) bond motifs is 1. The van der Waals surface area contributed by atoms with E-state index in [2.05, 4.69) is 45.4 Å². The summed E-state index contributed by atoms with van der Waals surface area (Å²) in [5.74, 6) is 0.652. The molecule has 5 nitrogen and oxygen atoms in total. The van der Waals surface area contributed by atoms with Crippen LogP contribution >= 0.6 is 12.2 Å². The largest absolute Gasteiger partial charge is 0.352 e. The van der Waals surface area contributed by atoms with Crippen LogP contribution < -0.4 is 0 Å². The molecule has 6 heteroatoms. The average molecular weight is 333 g/mol. The number of hydrogen-bond donors (Lipinski definition) is 2. The van der Waals surface area contributed by atoms with Gasteiger partial charge in [0.2, 0.25) is 4.77 Å². The summed E-state index contributed by atoms with van der Waals surface area (Å²) in [5, 5.41) is 12.7. The summed E-state index contributed by atoms with van der Waals surface area (Å²) in [7, 11) is 0. The van der Waals surface area contributed by atoms with Crippen LogP contribution in [0.2, 0.25) is 0 Å². The number of nitrogens with zero attached hydrogens (tertiary/aromatic N) is 3. The summed E-state index contributed by atoms with van der Waals surface area (Å²) in [5.41, 5.74) is 4.14. The molecule has 4 rings (SSSR count). The third-order valence-electron chi connectivity index (χ3n) is 3.82. The first-order valence-corrected chi connectivity index (χ1v) is 7.98. The van der Waals surface area contributed by atoms with Crippen molar-refractivity contribution in [1.82, 2.24) is 19.9 Å². The van der Waals surface area contributed by atoms with E-state index in [-0.39, 0.29) is 0 Å². The van der Waals surface area contributed by atoms with Crippen molar-refractivity contribution in [2.45, 2.75) is 6.92 Å². The van der Waals surface area contributed by atoms with Crippen LogP contribution in [0.1, 0.15) is 11.1 Å². The fourth-order valence-electron chi connectivity index (χ4n) is 2.54. The van der Waals surface area contributed by atoms with E-state index in [9.17, 15) is 0 Å². The number of aryl methyl sites for hydroxylation is 1. The Morgan fingerprint density at radius 3 is 2.71 bits per heavy atom. The van der Waals surface area contributed by atoms with Crippen LogP contribution in [0.5, 0.6) is 0 Å². The van der Waals surface area contributed by atoms with Crippen molar-refractivity contribution in [1.29, 1.82) is 0 Å². The van der Waals surface area contributed by atoms with Crippen molar-refractivity contribution in [3.05, 3.63) is 70.5 Å². The molecule has 0 unspecified atom stereocenters. The van der Waals surface area contributed by atoms with Gasteiger partial charge in [-0.3, -0.25) is 0 Å². The zero-order valence-corrected chi connectivity index (χ0v) is 13.8. The van der Waals surface area contributed by atoms with Crippen LogP contribution in [0.3, 0.4) is 0 Å². The molecule has 0 amide bonds. The zero-order chi connectivity index (χ0) is 16.5. The van der Waals surface area contributed by atoms with Crippen molar-refractivity contribution >= 4 is 29.3 Å². The van der Waals surface area contributed by atoms with Crippen molar-refractivity contribution < 1.29 is 0 Å². The highest BCUT2D eigenvalue weighted by Gasteiger charge is 2.11. The molecule has 0 saturated carbocycles. The van der Waals surface area contributed by atoms with Gasteiger partial charge in [0.1, 0.15) is 0 Å². The summed E-state index contributed by atoms with van der Waals surface area (Å²) in [6, 6.07) is 18.3. The van der Waals surface area contributed by atoms with E-state index in [1.807, 2.05) is 36.4 Å². The number of hydrogen-bond acceptors (Lipinski definition) is 3. The third-order valence-corrected chi connectivity index (χ3v) is 4.09. The molecule has 0 fully saturated rings. The fraction of sp³-hybridized carbons (Fsp3) is 0.0556. The first-order valence-electron chi connectivity index (χ1n) is 7.57. The highest BCUT2D eigenvalue weighted by molar-refractivity contribution is 7.71. The van der Waals surface area contributed by atoms with E-state index < -0.39 is 0 Å². The summed E-state index contributed by atoms with van der Waals surface area (Å²) in [6.07, 6.45) is 1.77. The van der Waals surface area contributed by atoms with E-state index in [4.69, 9.17) is 12.2 Å². The lowest BCUT2D eigenvalue weighted by Gasteiger charge is -1.98. The first kappa shape index (κ1) is 14.6. The van der Waals surface area contributed by atoms with Gasteiger partial charge in [0.15, 0.2) is 5.82 Å². The number of aromatic nitrogens is 4. The van der Waals surface area contributed by atoms with E-state index >= 15 is 0 Å². The van der Waals surface area contributed by atoms with Crippen LogP contribution in [0.25, 0.3) is 22.4 Å². The molecule has 24 heavy (non-hydrogen) atoms. The monoisotopic (exact) mass is 333 g/mol. The van der Waals surface area contributed by atoms with Crippen LogP contribution in [0.15, 0.2) is 59.7 Å². The maximum Gasteiger partial charge on any atom is 0.216 e. The molecule has 2 aromatic carbocycles. The third kappa shape index (κ3) is 2.68. The maximum atomic E-state index is 5.31. The Balaban J connectivity index is 1.75. The number of aromatic amines is 2. The van der Waals surface area contributed by atoms with Gasteiger partial charge in [-0.15, -0.1) is 0 Å². The molecule has 4 aromatic rings. The van der Waals surface area contributed by atoms with Gasteiger partial charge in [-0.2, -0.15) is 14.9 Å². The van der Waals surface area contributed by atoms with Crippen LogP contribution in [0.4, 0.5) is 0 Å². The predicted molar refractivity (Wildman–Crippen MR) is 98.9 cm³/mol. The topological polar surface area (TPSA) is 61.8 Å².